The first-order valence-electron chi connectivity index (χ1n) is 20.9. The Hall–Kier alpha value is -2.53. The number of para-hydroxylation sites is 1. The van der Waals surface area contributed by atoms with E-state index in [-0.39, 0.29) is 16.9 Å². The molecule has 0 heterocycles. The quantitative estimate of drug-likeness (QED) is 0.0440. The normalized spacial score (nSPS) is 20.0. The number of hydrogen-bond donors (Lipinski definition) is 0. The molecule has 0 bridgehead atoms. The SMILES string of the molecule is CC[Si](CC)(CC)O[C@@]1(/C(=C/CCOc2ccccc2)CCCCO[Si](c2ccccc2)(c2ccccc2)C(C)(C)C)C[C@H](C)CC[C@H]1CC(OC)OC. The molecule has 0 N–H and O–H groups in total. The molecular weight excluding hydrogens is 701 g/mol. The van der Waals surface area contributed by atoms with Crippen molar-refractivity contribution in [2.75, 3.05) is 27.4 Å². The first-order chi connectivity index (χ1) is 26.0. The van der Waals surface area contributed by atoms with Crippen LogP contribution in [0.3, 0.4) is 0 Å². The van der Waals surface area contributed by atoms with Crippen molar-refractivity contribution in [3.8, 4) is 5.75 Å². The maximum atomic E-state index is 7.93. The molecule has 4 rings (SSSR count). The van der Waals surface area contributed by atoms with Crippen molar-refractivity contribution in [1.29, 1.82) is 0 Å². The monoisotopic (exact) mass is 772 g/mol. The predicted octanol–water partition coefficient (Wildman–Crippen LogP) is 11.3. The minimum Gasteiger partial charge on any atom is -0.493 e. The summed E-state index contributed by atoms with van der Waals surface area (Å²) in [7, 11) is -1.09. The Kier molecular flexibility index (Phi) is 17.3. The third kappa shape index (κ3) is 10.9. The maximum Gasteiger partial charge on any atom is 0.261 e. The van der Waals surface area contributed by atoms with Gasteiger partial charge in [-0.2, -0.15) is 0 Å². The van der Waals surface area contributed by atoms with E-state index in [0.29, 0.717) is 18.4 Å². The summed E-state index contributed by atoms with van der Waals surface area (Å²) < 4.78 is 33.3. The molecule has 3 atom stereocenters. The first kappa shape index (κ1) is 44.2. The number of ether oxygens (including phenoxy) is 3. The Morgan fingerprint density at radius 2 is 1.33 bits per heavy atom. The standard InChI is InChI=1S/C47H72O5Si2/c1-10-53(11-2,12-3)52-47(38-39(4)33-34-41(47)37-45(48-8)49-9)40(26-24-35-50-42-27-16-13-17-28-42)25-22-23-36-51-54(46(5,6)7,43-29-18-14-19-30-43)44-31-20-15-21-32-44/h13-21,26-32,39,41,45H,10-12,22-25,33-38H2,1-9H3/b40-26+/t39-,41+,47-/m1/s1. The summed E-state index contributed by atoms with van der Waals surface area (Å²) >= 11 is 0. The molecule has 0 radical (unpaired) electrons. The summed E-state index contributed by atoms with van der Waals surface area (Å²) in [5, 5.41) is 2.62. The van der Waals surface area contributed by atoms with E-state index in [4.69, 9.17) is 23.1 Å². The van der Waals surface area contributed by atoms with Crippen molar-refractivity contribution in [2.24, 2.45) is 11.8 Å². The van der Waals surface area contributed by atoms with Crippen molar-refractivity contribution in [1.82, 2.24) is 0 Å². The van der Waals surface area contributed by atoms with E-state index in [1.165, 1.54) is 22.4 Å². The lowest BCUT2D eigenvalue weighted by atomic mass is 9.65. The second kappa shape index (κ2) is 21.1. The molecule has 3 aromatic carbocycles. The van der Waals surface area contributed by atoms with E-state index in [1.54, 1.807) is 14.2 Å². The average molecular weight is 773 g/mol. The van der Waals surface area contributed by atoms with Gasteiger partial charge in [-0.1, -0.05) is 140 Å². The van der Waals surface area contributed by atoms with Gasteiger partial charge in [0, 0.05) is 27.2 Å². The fourth-order valence-electron chi connectivity index (χ4n) is 9.09. The van der Waals surface area contributed by atoms with Crippen LogP contribution in [0.5, 0.6) is 5.75 Å². The predicted molar refractivity (Wildman–Crippen MR) is 232 cm³/mol. The second-order valence-corrected chi connectivity index (χ2v) is 25.6. The van der Waals surface area contributed by atoms with Gasteiger partial charge in [-0.25, -0.2) is 0 Å². The molecule has 7 heteroatoms. The number of benzene rings is 3. The molecule has 54 heavy (non-hydrogen) atoms. The molecule has 1 aliphatic carbocycles. The fraction of sp³-hybridized carbons (Fsp3) is 0.574. The topological polar surface area (TPSA) is 46.2 Å². The summed E-state index contributed by atoms with van der Waals surface area (Å²) in [6, 6.07) is 35.6. The van der Waals surface area contributed by atoms with Crippen LogP contribution in [0.1, 0.15) is 99.8 Å². The Labute approximate surface area is 331 Å². The van der Waals surface area contributed by atoms with Crippen LogP contribution in [0.25, 0.3) is 0 Å². The third-order valence-electron chi connectivity index (χ3n) is 12.3. The number of unbranched alkanes of at least 4 members (excludes halogenated alkanes) is 1. The van der Waals surface area contributed by atoms with Crippen LogP contribution in [0.15, 0.2) is 103 Å². The lowest BCUT2D eigenvalue weighted by Gasteiger charge is -2.53. The van der Waals surface area contributed by atoms with Crippen LogP contribution >= 0.6 is 0 Å². The highest BCUT2D eigenvalue weighted by atomic mass is 28.4. The lowest BCUT2D eigenvalue weighted by Crippen LogP contribution is -2.66. The number of hydrogen-bond acceptors (Lipinski definition) is 5. The zero-order valence-corrected chi connectivity index (χ0v) is 37.2. The van der Waals surface area contributed by atoms with Gasteiger partial charge >= 0.3 is 0 Å². The van der Waals surface area contributed by atoms with E-state index in [9.17, 15) is 0 Å². The number of methoxy groups -OCH3 is 2. The van der Waals surface area contributed by atoms with Gasteiger partial charge in [-0.3, -0.25) is 0 Å². The Bertz CT molecular complexity index is 1450. The molecule has 0 aliphatic heterocycles. The molecule has 3 aromatic rings. The average Bonchev–Trinajstić information content (AvgIpc) is 3.19. The molecule has 1 fully saturated rings. The van der Waals surface area contributed by atoms with Crippen molar-refractivity contribution in [2.45, 2.75) is 135 Å². The van der Waals surface area contributed by atoms with Crippen LogP contribution < -0.4 is 15.1 Å². The van der Waals surface area contributed by atoms with Crippen LogP contribution in [0.4, 0.5) is 0 Å². The Balaban J connectivity index is 1.68. The summed E-state index contributed by atoms with van der Waals surface area (Å²) in [6.45, 7) is 18.0. The molecule has 0 spiro atoms. The van der Waals surface area contributed by atoms with E-state index >= 15 is 0 Å². The van der Waals surface area contributed by atoms with E-state index < -0.39 is 16.6 Å². The summed E-state index contributed by atoms with van der Waals surface area (Å²) in [6.07, 6.45) is 10.3. The molecule has 0 amide bonds. The zero-order valence-electron chi connectivity index (χ0n) is 35.2. The van der Waals surface area contributed by atoms with Crippen molar-refractivity contribution < 1.29 is 23.1 Å². The molecule has 1 aliphatic rings. The van der Waals surface area contributed by atoms with Crippen LogP contribution in [0.2, 0.25) is 23.2 Å². The van der Waals surface area contributed by atoms with Gasteiger partial charge in [0.15, 0.2) is 14.6 Å². The molecular formula is C47H72O5Si2. The minimum atomic E-state index is -2.60. The van der Waals surface area contributed by atoms with Gasteiger partial charge in [0.25, 0.3) is 8.32 Å². The van der Waals surface area contributed by atoms with Crippen molar-refractivity contribution in [3.63, 3.8) is 0 Å². The molecule has 298 valence electrons. The number of rotatable bonds is 22. The molecule has 0 aromatic heterocycles. The maximum absolute atomic E-state index is 7.93. The van der Waals surface area contributed by atoms with E-state index in [1.807, 2.05) is 30.3 Å². The fourth-order valence-corrected chi connectivity index (χ4v) is 16.8. The third-order valence-corrected chi connectivity index (χ3v) is 22.0. The molecule has 0 unspecified atom stereocenters. The van der Waals surface area contributed by atoms with Crippen LogP contribution in [-0.4, -0.2) is 56.0 Å². The van der Waals surface area contributed by atoms with Crippen molar-refractivity contribution >= 4 is 27.0 Å². The van der Waals surface area contributed by atoms with Gasteiger partial charge in [-0.05, 0) is 102 Å². The largest absolute Gasteiger partial charge is 0.493 e. The van der Waals surface area contributed by atoms with Gasteiger partial charge in [0.1, 0.15) is 5.75 Å². The highest BCUT2D eigenvalue weighted by Crippen LogP contribution is 2.51. The molecule has 5 nitrogen and oxygen atoms in total. The van der Waals surface area contributed by atoms with E-state index in [0.717, 1.165) is 75.4 Å². The van der Waals surface area contributed by atoms with Gasteiger partial charge in [-0.15, -0.1) is 0 Å². The van der Waals surface area contributed by atoms with Gasteiger partial charge in [0.05, 0.1) is 12.2 Å². The zero-order chi connectivity index (χ0) is 39.1. The van der Waals surface area contributed by atoms with Crippen LogP contribution in [0, 0.1) is 11.8 Å². The van der Waals surface area contributed by atoms with Gasteiger partial charge in [0.2, 0.25) is 0 Å². The highest BCUT2D eigenvalue weighted by molar-refractivity contribution is 6.99. The van der Waals surface area contributed by atoms with Crippen molar-refractivity contribution in [3.05, 3.63) is 103 Å². The Morgan fingerprint density at radius 3 is 1.85 bits per heavy atom. The Morgan fingerprint density at radius 1 is 0.778 bits per heavy atom. The lowest BCUT2D eigenvalue weighted by molar-refractivity contribution is -0.136. The first-order valence-corrected chi connectivity index (χ1v) is 25.3. The smallest absolute Gasteiger partial charge is 0.261 e. The summed E-state index contributed by atoms with van der Waals surface area (Å²) in [5.74, 6) is 1.80. The molecule has 0 saturated heterocycles. The van der Waals surface area contributed by atoms with Crippen LogP contribution in [-0.2, 0) is 18.3 Å². The highest BCUT2D eigenvalue weighted by Gasteiger charge is 2.52. The second-order valence-electron chi connectivity index (χ2n) is 16.6. The molecule has 1 saturated carbocycles. The minimum absolute atomic E-state index is 0.0451. The summed E-state index contributed by atoms with van der Waals surface area (Å²) in [4.78, 5) is 0. The summed E-state index contributed by atoms with van der Waals surface area (Å²) in [5.41, 5.74) is 1.10. The van der Waals surface area contributed by atoms with Gasteiger partial charge < -0.3 is 23.1 Å². The van der Waals surface area contributed by atoms with E-state index in [2.05, 4.69) is 115 Å².